The summed E-state index contributed by atoms with van der Waals surface area (Å²) in [5.74, 6) is 2.78. The molecule has 2 bridgehead atoms. The molecule has 0 aromatic carbocycles. The molecule has 0 aromatic heterocycles. The molecule has 1 heterocycles. The molecule has 1 fully saturated rings. The number of rotatable bonds is 1. The molecule has 2 aliphatic rings. The smallest absolute Gasteiger partial charge is 0.0823 e. The Hall–Kier alpha value is -0.560. The summed E-state index contributed by atoms with van der Waals surface area (Å²) in [4.78, 5) is 0. The molecule has 1 nitrogen and oxygen atoms in total. The number of ether oxygens (including phenoxy) is 1. The summed E-state index contributed by atoms with van der Waals surface area (Å²) in [5.41, 5.74) is 1.52. The fourth-order valence-corrected chi connectivity index (χ4v) is 3.36. The minimum absolute atomic E-state index is 0.310. The van der Waals surface area contributed by atoms with Gasteiger partial charge in [0.15, 0.2) is 0 Å². The zero-order valence-electron chi connectivity index (χ0n) is 10.2. The topological polar surface area (TPSA) is 9.23 Å². The van der Waals surface area contributed by atoms with Crippen molar-refractivity contribution in [2.75, 3.05) is 6.61 Å². The Morgan fingerprint density at radius 2 is 2.13 bits per heavy atom. The van der Waals surface area contributed by atoms with E-state index in [1.54, 1.807) is 0 Å². The minimum atomic E-state index is 0.310. The molecule has 0 amide bonds. The normalized spacial score (nSPS) is 45.6. The van der Waals surface area contributed by atoms with Crippen LogP contribution in [0.15, 0.2) is 23.8 Å². The zero-order chi connectivity index (χ0) is 11.0. The Kier molecular flexibility index (Phi) is 3.01. The molecule has 1 aliphatic carbocycles. The Balaban J connectivity index is 2.29. The molecule has 2 rings (SSSR count). The molecule has 0 aromatic rings. The number of fused-ring (bicyclic) bond motifs is 2. The Bertz CT molecular complexity index is 290. The quantitative estimate of drug-likeness (QED) is 0.597. The highest BCUT2D eigenvalue weighted by Crippen LogP contribution is 2.44. The van der Waals surface area contributed by atoms with Gasteiger partial charge in [0, 0.05) is 5.92 Å². The number of hydrogen-bond acceptors (Lipinski definition) is 1. The predicted molar refractivity (Wildman–Crippen MR) is 63.6 cm³/mol. The Morgan fingerprint density at radius 1 is 1.40 bits per heavy atom. The first-order valence-corrected chi connectivity index (χ1v) is 6.08. The van der Waals surface area contributed by atoms with E-state index in [4.69, 9.17) is 4.74 Å². The van der Waals surface area contributed by atoms with E-state index in [1.807, 2.05) is 0 Å². The van der Waals surface area contributed by atoms with E-state index < -0.39 is 0 Å². The third kappa shape index (κ3) is 1.78. The van der Waals surface area contributed by atoms with Crippen LogP contribution in [-0.4, -0.2) is 12.7 Å². The van der Waals surface area contributed by atoms with Crippen molar-refractivity contribution in [1.82, 2.24) is 0 Å². The predicted octanol–water partition coefficient (Wildman–Crippen LogP) is 3.43. The van der Waals surface area contributed by atoms with Crippen LogP contribution < -0.4 is 0 Å². The van der Waals surface area contributed by atoms with E-state index in [9.17, 15) is 0 Å². The van der Waals surface area contributed by atoms with Gasteiger partial charge in [-0.1, -0.05) is 37.6 Å². The van der Waals surface area contributed by atoms with Gasteiger partial charge in [-0.3, -0.25) is 0 Å². The SMILES string of the molecule is C/C=C/[C@H]1OC[C@H]2[C@H](C)[C@@H]1C(C)=C[C@@H]2C. The third-order valence-electron chi connectivity index (χ3n) is 4.19. The molecular weight excluding hydrogens is 184 g/mol. The van der Waals surface area contributed by atoms with Gasteiger partial charge in [-0.25, -0.2) is 0 Å². The molecule has 0 radical (unpaired) electrons. The van der Waals surface area contributed by atoms with Gasteiger partial charge in [0.05, 0.1) is 12.7 Å². The first-order valence-electron chi connectivity index (χ1n) is 6.08. The van der Waals surface area contributed by atoms with E-state index in [2.05, 4.69) is 45.9 Å². The van der Waals surface area contributed by atoms with Gasteiger partial charge < -0.3 is 4.74 Å². The summed E-state index contributed by atoms with van der Waals surface area (Å²) in [5, 5.41) is 0. The Labute approximate surface area is 93.2 Å². The van der Waals surface area contributed by atoms with Crippen LogP contribution in [0.4, 0.5) is 0 Å². The second kappa shape index (κ2) is 4.13. The zero-order valence-corrected chi connectivity index (χ0v) is 10.2. The van der Waals surface area contributed by atoms with E-state index in [0.717, 1.165) is 18.4 Å². The molecule has 0 N–H and O–H groups in total. The lowest BCUT2D eigenvalue weighted by Crippen LogP contribution is -2.45. The largest absolute Gasteiger partial charge is 0.373 e. The van der Waals surface area contributed by atoms with Crippen LogP contribution in [0.25, 0.3) is 0 Å². The minimum Gasteiger partial charge on any atom is -0.373 e. The first kappa shape index (κ1) is 10.9. The number of allylic oxidation sites excluding steroid dienone is 2. The molecule has 1 aliphatic heterocycles. The van der Waals surface area contributed by atoms with Crippen molar-refractivity contribution in [2.45, 2.75) is 33.8 Å². The van der Waals surface area contributed by atoms with Crippen molar-refractivity contribution in [2.24, 2.45) is 23.7 Å². The molecule has 1 saturated heterocycles. The molecule has 0 unspecified atom stereocenters. The summed E-state index contributed by atoms with van der Waals surface area (Å²) in [6, 6.07) is 0. The van der Waals surface area contributed by atoms with Gasteiger partial charge in [-0.2, -0.15) is 0 Å². The van der Waals surface area contributed by atoms with Crippen molar-refractivity contribution >= 4 is 0 Å². The molecule has 0 spiro atoms. The van der Waals surface area contributed by atoms with Gasteiger partial charge in [0.2, 0.25) is 0 Å². The average Bonchev–Trinajstić information content (AvgIpc) is 2.15. The van der Waals surface area contributed by atoms with Gasteiger partial charge in [0.25, 0.3) is 0 Å². The fraction of sp³-hybridized carbons (Fsp3) is 0.714. The monoisotopic (exact) mass is 206 g/mol. The first-order chi connectivity index (χ1) is 7.15. The molecule has 0 saturated carbocycles. The summed E-state index contributed by atoms with van der Waals surface area (Å²) in [7, 11) is 0. The van der Waals surface area contributed by atoms with Gasteiger partial charge >= 0.3 is 0 Å². The molecule has 1 heteroatoms. The summed E-state index contributed by atoms with van der Waals surface area (Å²) < 4.78 is 5.97. The lowest BCUT2D eigenvalue weighted by molar-refractivity contribution is -0.0687. The van der Waals surface area contributed by atoms with Crippen LogP contribution in [0.2, 0.25) is 0 Å². The second-order valence-corrected chi connectivity index (χ2v) is 5.14. The summed E-state index contributed by atoms with van der Waals surface area (Å²) in [6.07, 6.45) is 7.09. The summed E-state index contributed by atoms with van der Waals surface area (Å²) >= 11 is 0. The van der Waals surface area contributed by atoms with E-state index in [-0.39, 0.29) is 0 Å². The van der Waals surface area contributed by atoms with Crippen molar-refractivity contribution < 1.29 is 4.74 Å². The lowest BCUT2D eigenvalue weighted by Gasteiger charge is -2.46. The van der Waals surface area contributed by atoms with Crippen LogP contribution in [0, 0.1) is 23.7 Å². The average molecular weight is 206 g/mol. The van der Waals surface area contributed by atoms with Crippen molar-refractivity contribution in [3.8, 4) is 0 Å². The maximum atomic E-state index is 5.97. The highest BCUT2D eigenvalue weighted by molar-refractivity contribution is 5.19. The molecular formula is C14H22O. The van der Waals surface area contributed by atoms with Crippen LogP contribution in [0.1, 0.15) is 27.7 Å². The van der Waals surface area contributed by atoms with Crippen LogP contribution >= 0.6 is 0 Å². The van der Waals surface area contributed by atoms with Gasteiger partial charge in [-0.05, 0) is 31.6 Å². The Morgan fingerprint density at radius 3 is 2.80 bits per heavy atom. The molecule has 5 atom stereocenters. The van der Waals surface area contributed by atoms with E-state index >= 15 is 0 Å². The maximum absolute atomic E-state index is 5.97. The van der Waals surface area contributed by atoms with Gasteiger partial charge in [0.1, 0.15) is 0 Å². The van der Waals surface area contributed by atoms with E-state index in [1.165, 1.54) is 5.57 Å². The van der Waals surface area contributed by atoms with Crippen molar-refractivity contribution in [3.63, 3.8) is 0 Å². The van der Waals surface area contributed by atoms with Crippen LogP contribution in [0.3, 0.4) is 0 Å². The molecule has 15 heavy (non-hydrogen) atoms. The summed E-state index contributed by atoms with van der Waals surface area (Å²) in [6.45, 7) is 9.98. The van der Waals surface area contributed by atoms with Crippen LogP contribution in [0.5, 0.6) is 0 Å². The standard InChI is InChI=1S/C14H22O/c1-5-6-13-14-10(3)7-9(2)12(8-15-13)11(14)4/h5-7,9,11-14H,8H2,1-4H3/b6-5+/t9-,11-,12+,13+,14-/m0/s1. The highest BCUT2D eigenvalue weighted by Gasteiger charge is 2.42. The highest BCUT2D eigenvalue weighted by atomic mass is 16.5. The maximum Gasteiger partial charge on any atom is 0.0823 e. The number of hydrogen-bond donors (Lipinski definition) is 0. The second-order valence-electron chi connectivity index (χ2n) is 5.14. The van der Waals surface area contributed by atoms with Crippen LogP contribution in [-0.2, 0) is 4.74 Å². The van der Waals surface area contributed by atoms with Crippen molar-refractivity contribution in [3.05, 3.63) is 23.8 Å². The fourth-order valence-electron chi connectivity index (χ4n) is 3.36. The van der Waals surface area contributed by atoms with Gasteiger partial charge in [-0.15, -0.1) is 0 Å². The van der Waals surface area contributed by atoms with Crippen molar-refractivity contribution in [1.29, 1.82) is 0 Å². The van der Waals surface area contributed by atoms with E-state index in [0.29, 0.717) is 17.9 Å². The molecule has 84 valence electrons. The third-order valence-corrected chi connectivity index (χ3v) is 4.19. The lowest BCUT2D eigenvalue weighted by atomic mass is 9.65.